The average Bonchev–Trinajstić information content (AvgIpc) is 3.25. The molecule has 0 aromatic heterocycles. The van der Waals surface area contributed by atoms with E-state index >= 15 is 0 Å². The van der Waals surface area contributed by atoms with Crippen molar-refractivity contribution >= 4 is 5.91 Å². The molecule has 4 rings (SSSR count). The summed E-state index contributed by atoms with van der Waals surface area (Å²) >= 11 is 0. The lowest BCUT2D eigenvalue weighted by Gasteiger charge is -2.27. The molecular formula is C18H25N3O. The van der Waals surface area contributed by atoms with E-state index in [2.05, 4.69) is 46.5 Å². The van der Waals surface area contributed by atoms with E-state index in [-0.39, 0.29) is 17.4 Å². The second-order valence-electron chi connectivity index (χ2n) is 7.19. The Balaban J connectivity index is 1.37. The summed E-state index contributed by atoms with van der Waals surface area (Å²) in [4.78, 5) is 12.6. The van der Waals surface area contributed by atoms with Crippen molar-refractivity contribution in [2.24, 2.45) is 5.92 Å². The molecule has 0 radical (unpaired) electrons. The van der Waals surface area contributed by atoms with Gasteiger partial charge in [0.15, 0.2) is 0 Å². The van der Waals surface area contributed by atoms with Gasteiger partial charge in [0.1, 0.15) is 6.04 Å². The van der Waals surface area contributed by atoms with Crippen LogP contribution in [0.4, 0.5) is 0 Å². The van der Waals surface area contributed by atoms with Gasteiger partial charge in [0.25, 0.3) is 0 Å². The topological polar surface area (TPSA) is 53.2 Å². The molecule has 1 saturated heterocycles. The number of benzene rings is 1. The van der Waals surface area contributed by atoms with Crippen LogP contribution in [-0.4, -0.2) is 24.5 Å². The summed E-state index contributed by atoms with van der Waals surface area (Å²) < 4.78 is 0. The Morgan fingerprint density at radius 1 is 1.14 bits per heavy atom. The third-order valence-corrected chi connectivity index (χ3v) is 5.79. The Morgan fingerprint density at radius 2 is 1.91 bits per heavy atom. The number of rotatable bonds is 4. The van der Waals surface area contributed by atoms with Crippen LogP contribution < -0.4 is 16.2 Å². The van der Waals surface area contributed by atoms with Crippen molar-refractivity contribution in [3.8, 4) is 0 Å². The minimum absolute atomic E-state index is 0.0585. The van der Waals surface area contributed by atoms with Gasteiger partial charge in [-0.25, -0.2) is 5.43 Å². The van der Waals surface area contributed by atoms with E-state index in [1.165, 1.54) is 37.7 Å². The van der Waals surface area contributed by atoms with Crippen LogP contribution in [0.1, 0.15) is 44.1 Å². The molecule has 4 nitrogen and oxygen atoms in total. The normalized spacial score (nSPS) is 32.3. The van der Waals surface area contributed by atoms with Crippen molar-refractivity contribution in [1.29, 1.82) is 0 Å². The van der Waals surface area contributed by atoms with Gasteiger partial charge in [-0.2, -0.15) is 0 Å². The van der Waals surface area contributed by atoms with E-state index in [4.69, 9.17) is 0 Å². The van der Waals surface area contributed by atoms with E-state index in [1.807, 2.05) is 0 Å². The third-order valence-electron chi connectivity index (χ3n) is 5.79. The zero-order chi connectivity index (χ0) is 15.0. The SMILES string of the molecule is O=C(NCC1(c2ccccc2)CC1)C1NNC2CCCCC21. The van der Waals surface area contributed by atoms with Crippen LogP contribution in [-0.2, 0) is 10.2 Å². The summed E-state index contributed by atoms with van der Waals surface area (Å²) in [5, 5.41) is 3.22. The highest BCUT2D eigenvalue weighted by molar-refractivity contribution is 5.82. The Labute approximate surface area is 132 Å². The molecule has 1 heterocycles. The quantitative estimate of drug-likeness (QED) is 0.795. The first kappa shape index (κ1) is 14.2. The second-order valence-corrected chi connectivity index (χ2v) is 7.19. The Kier molecular flexibility index (Phi) is 3.66. The van der Waals surface area contributed by atoms with E-state index in [1.54, 1.807) is 0 Å². The Morgan fingerprint density at radius 3 is 2.68 bits per heavy atom. The van der Waals surface area contributed by atoms with Gasteiger partial charge in [-0.05, 0) is 31.2 Å². The monoisotopic (exact) mass is 299 g/mol. The summed E-state index contributed by atoms with van der Waals surface area (Å²) in [5.41, 5.74) is 8.11. The Bertz CT molecular complexity index is 541. The predicted molar refractivity (Wildman–Crippen MR) is 86.2 cm³/mol. The minimum atomic E-state index is -0.0585. The fourth-order valence-electron chi connectivity index (χ4n) is 4.18. The van der Waals surface area contributed by atoms with Gasteiger partial charge >= 0.3 is 0 Å². The number of hydrazine groups is 1. The molecule has 1 amide bonds. The molecular weight excluding hydrogens is 274 g/mol. The van der Waals surface area contributed by atoms with Gasteiger partial charge in [0.05, 0.1) is 0 Å². The van der Waals surface area contributed by atoms with Gasteiger partial charge in [-0.15, -0.1) is 0 Å². The minimum Gasteiger partial charge on any atom is -0.354 e. The first-order chi connectivity index (χ1) is 10.8. The summed E-state index contributed by atoms with van der Waals surface area (Å²) in [7, 11) is 0. The fraction of sp³-hybridized carbons (Fsp3) is 0.611. The number of nitrogens with one attached hydrogen (secondary N) is 3. The maximum Gasteiger partial charge on any atom is 0.238 e. The maximum atomic E-state index is 12.6. The number of hydrogen-bond acceptors (Lipinski definition) is 3. The van der Waals surface area contributed by atoms with Crippen LogP contribution in [0.2, 0.25) is 0 Å². The molecule has 2 saturated carbocycles. The summed E-state index contributed by atoms with van der Waals surface area (Å²) in [5.74, 6) is 0.629. The molecule has 3 unspecified atom stereocenters. The first-order valence-electron chi connectivity index (χ1n) is 8.63. The van der Waals surface area contributed by atoms with Crippen LogP contribution in [0.5, 0.6) is 0 Å². The molecule has 3 N–H and O–H groups in total. The highest BCUT2D eigenvalue weighted by Gasteiger charge is 2.46. The lowest BCUT2D eigenvalue weighted by molar-refractivity contribution is -0.124. The molecule has 0 spiro atoms. The molecule has 3 fully saturated rings. The second kappa shape index (κ2) is 5.67. The van der Waals surface area contributed by atoms with E-state index in [9.17, 15) is 4.79 Å². The molecule has 22 heavy (non-hydrogen) atoms. The van der Waals surface area contributed by atoms with Gasteiger partial charge in [0, 0.05) is 23.9 Å². The van der Waals surface area contributed by atoms with Gasteiger partial charge < -0.3 is 5.32 Å². The lowest BCUT2D eigenvalue weighted by Crippen LogP contribution is -2.47. The molecule has 3 aliphatic rings. The van der Waals surface area contributed by atoms with E-state index in [0.29, 0.717) is 12.0 Å². The highest BCUT2D eigenvalue weighted by atomic mass is 16.2. The van der Waals surface area contributed by atoms with Gasteiger partial charge in [0.2, 0.25) is 5.91 Å². The van der Waals surface area contributed by atoms with E-state index in [0.717, 1.165) is 13.0 Å². The molecule has 1 aromatic carbocycles. The van der Waals surface area contributed by atoms with Gasteiger partial charge in [-0.3, -0.25) is 10.2 Å². The average molecular weight is 299 g/mol. The molecule has 1 aliphatic heterocycles. The summed E-state index contributed by atoms with van der Waals surface area (Å²) in [6, 6.07) is 11.0. The number of carbonyl (C=O) groups excluding carboxylic acids is 1. The lowest BCUT2D eigenvalue weighted by atomic mass is 9.81. The summed E-state index contributed by atoms with van der Waals surface area (Å²) in [6.45, 7) is 0.769. The van der Waals surface area contributed by atoms with E-state index < -0.39 is 0 Å². The zero-order valence-corrected chi connectivity index (χ0v) is 13.0. The van der Waals surface area contributed by atoms with Crippen LogP contribution >= 0.6 is 0 Å². The number of carbonyl (C=O) groups is 1. The highest BCUT2D eigenvalue weighted by Crippen LogP contribution is 2.47. The number of fused-ring (bicyclic) bond motifs is 1. The molecule has 0 bridgehead atoms. The van der Waals surface area contributed by atoms with Crippen LogP contribution in [0.3, 0.4) is 0 Å². The molecule has 1 aromatic rings. The van der Waals surface area contributed by atoms with Crippen molar-refractivity contribution in [2.75, 3.05) is 6.54 Å². The number of amides is 1. The van der Waals surface area contributed by atoms with Crippen molar-refractivity contribution in [1.82, 2.24) is 16.2 Å². The smallest absolute Gasteiger partial charge is 0.238 e. The fourth-order valence-corrected chi connectivity index (χ4v) is 4.18. The molecule has 3 atom stereocenters. The van der Waals surface area contributed by atoms with Crippen molar-refractivity contribution in [3.05, 3.63) is 35.9 Å². The molecule has 4 heteroatoms. The van der Waals surface area contributed by atoms with Crippen molar-refractivity contribution < 1.29 is 4.79 Å². The zero-order valence-electron chi connectivity index (χ0n) is 13.0. The summed E-state index contributed by atoms with van der Waals surface area (Å²) in [6.07, 6.45) is 7.24. The largest absolute Gasteiger partial charge is 0.354 e. The van der Waals surface area contributed by atoms with Crippen LogP contribution in [0, 0.1) is 5.92 Å². The predicted octanol–water partition coefficient (Wildman–Crippen LogP) is 1.87. The third kappa shape index (κ3) is 2.55. The molecule has 2 aliphatic carbocycles. The van der Waals surface area contributed by atoms with Gasteiger partial charge in [-0.1, -0.05) is 43.2 Å². The first-order valence-corrected chi connectivity index (χ1v) is 8.63. The maximum absolute atomic E-state index is 12.6. The van der Waals surface area contributed by atoms with Crippen molar-refractivity contribution in [3.63, 3.8) is 0 Å². The van der Waals surface area contributed by atoms with Crippen LogP contribution in [0.15, 0.2) is 30.3 Å². The number of hydrogen-bond donors (Lipinski definition) is 3. The molecule has 118 valence electrons. The standard InChI is InChI=1S/C18H25N3O/c22-17(16-14-8-4-5-9-15(14)20-21-16)19-12-18(10-11-18)13-6-2-1-3-7-13/h1-3,6-7,14-16,20-21H,4-5,8-12H2,(H,19,22). The van der Waals surface area contributed by atoms with Crippen molar-refractivity contribution in [2.45, 2.75) is 56.0 Å². The van der Waals surface area contributed by atoms with Crippen LogP contribution in [0.25, 0.3) is 0 Å². The Hall–Kier alpha value is -1.39.